The van der Waals surface area contributed by atoms with Crippen LogP contribution in [0.4, 0.5) is 0 Å². The van der Waals surface area contributed by atoms with Gasteiger partial charge in [0.05, 0.1) is 12.1 Å². The molecule has 2 aliphatic rings. The SMILES string of the molecule is CCOCCCN1C(=O)C2NNC(c3ccccc3O)C2C1c1ccc(C)cc1. The standard InChI is InChI=1S/C23H29N3O3/c1-3-29-14-6-13-26-22(16-11-9-15(2)10-12-16)19-20(24-25-21(19)23(26)28)17-7-4-5-8-18(17)27/h4-5,7-12,19-22,24-25,27H,3,6,13-14H2,1-2H3. The quantitative estimate of drug-likeness (QED) is 0.629. The number of fused-ring (bicyclic) bond motifs is 1. The van der Waals surface area contributed by atoms with Crippen molar-refractivity contribution in [3.8, 4) is 5.75 Å². The van der Waals surface area contributed by atoms with Gasteiger partial charge in [0.25, 0.3) is 0 Å². The van der Waals surface area contributed by atoms with Crippen molar-refractivity contribution >= 4 is 5.91 Å². The highest BCUT2D eigenvalue weighted by Gasteiger charge is 2.55. The summed E-state index contributed by atoms with van der Waals surface area (Å²) in [4.78, 5) is 15.3. The number of para-hydroxylation sites is 1. The highest BCUT2D eigenvalue weighted by molar-refractivity contribution is 5.86. The second kappa shape index (κ2) is 8.53. The number of phenols is 1. The molecule has 4 atom stereocenters. The molecule has 154 valence electrons. The van der Waals surface area contributed by atoms with Crippen molar-refractivity contribution in [3.63, 3.8) is 0 Å². The number of rotatable bonds is 7. The smallest absolute Gasteiger partial charge is 0.242 e. The molecule has 0 aliphatic carbocycles. The number of likely N-dealkylation sites (tertiary alicyclic amines) is 1. The Morgan fingerprint density at radius 3 is 2.52 bits per heavy atom. The van der Waals surface area contributed by atoms with Crippen LogP contribution in [-0.4, -0.2) is 41.7 Å². The second-order valence-corrected chi connectivity index (χ2v) is 7.82. The molecule has 6 heteroatoms. The van der Waals surface area contributed by atoms with Crippen molar-refractivity contribution in [2.24, 2.45) is 5.92 Å². The van der Waals surface area contributed by atoms with E-state index in [-0.39, 0.29) is 35.7 Å². The molecule has 2 fully saturated rings. The third kappa shape index (κ3) is 3.75. The Bertz CT molecular complexity index is 855. The average Bonchev–Trinajstić information content (AvgIpc) is 3.26. The van der Waals surface area contributed by atoms with E-state index in [4.69, 9.17) is 4.74 Å². The summed E-state index contributed by atoms with van der Waals surface area (Å²) in [5, 5.41) is 10.4. The first-order valence-electron chi connectivity index (χ1n) is 10.4. The summed E-state index contributed by atoms with van der Waals surface area (Å²) in [5.41, 5.74) is 9.60. The Morgan fingerprint density at radius 2 is 1.79 bits per heavy atom. The third-order valence-corrected chi connectivity index (χ3v) is 6.00. The van der Waals surface area contributed by atoms with Gasteiger partial charge in [-0.2, -0.15) is 0 Å². The van der Waals surface area contributed by atoms with E-state index in [1.807, 2.05) is 30.0 Å². The van der Waals surface area contributed by atoms with Crippen molar-refractivity contribution in [1.29, 1.82) is 0 Å². The molecule has 0 radical (unpaired) electrons. The number of aromatic hydroxyl groups is 1. The van der Waals surface area contributed by atoms with Crippen molar-refractivity contribution in [2.75, 3.05) is 19.8 Å². The maximum atomic E-state index is 13.3. The largest absolute Gasteiger partial charge is 0.508 e. The molecule has 2 saturated heterocycles. The zero-order chi connectivity index (χ0) is 20.4. The summed E-state index contributed by atoms with van der Waals surface area (Å²) >= 11 is 0. The van der Waals surface area contributed by atoms with E-state index in [1.165, 1.54) is 5.56 Å². The van der Waals surface area contributed by atoms with Gasteiger partial charge in [0.2, 0.25) is 5.91 Å². The summed E-state index contributed by atoms with van der Waals surface area (Å²) in [6.07, 6.45) is 0.802. The lowest BCUT2D eigenvalue weighted by Crippen LogP contribution is -2.41. The van der Waals surface area contributed by atoms with Crippen LogP contribution in [0.5, 0.6) is 5.75 Å². The first-order chi connectivity index (χ1) is 14.1. The van der Waals surface area contributed by atoms with Gasteiger partial charge in [0.15, 0.2) is 0 Å². The summed E-state index contributed by atoms with van der Waals surface area (Å²) in [6, 6.07) is 15.2. The lowest BCUT2D eigenvalue weighted by Gasteiger charge is -2.31. The van der Waals surface area contributed by atoms with E-state index in [0.717, 1.165) is 17.5 Å². The normalized spacial score (nSPS) is 26.1. The molecule has 2 aromatic carbocycles. The molecule has 2 aromatic rings. The number of hydrazine groups is 1. The summed E-state index contributed by atoms with van der Waals surface area (Å²) < 4.78 is 5.49. The van der Waals surface area contributed by atoms with Gasteiger partial charge in [-0.1, -0.05) is 48.0 Å². The van der Waals surface area contributed by atoms with Gasteiger partial charge in [0.1, 0.15) is 11.8 Å². The number of carbonyl (C=O) groups is 1. The van der Waals surface area contributed by atoms with Crippen LogP contribution in [0.25, 0.3) is 0 Å². The number of aryl methyl sites for hydroxylation is 1. The molecule has 4 rings (SSSR count). The van der Waals surface area contributed by atoms with Gasteiger partial charge in [-0.15, -0.1) is 0 Å². The van der Waals surface area contributed by atoms with Crippen molar-refractivity contribution in [1.82, 2.24) is 15.8 Å². The summed E-state index contributed by atoms with van der Waals surface area (Å²) in [6.45, 7) is 6.02. The average molecular weight is 396 g/mol. The van der Waals surface area contributed by atoms with Crippen LogP contribution in [0.1, 0.15) is 42.1 Å². The lowest BCUT2D eigenvalue weighted by molar-refractivity contribution is -0.131. The van der Waals surface area contributed by atoms with Crippen LogP contribution in [0, 0.1) is 12.8 Å². The van der Waals surface area contributed by atoms with Gasteiger partial charge in [-0.3, -0.25) is 4.79 Å². The van der Waals surface area contributed by atoms with Crippen LogP contribution >= 0.6 is 0 Å². The minimum absolute atomic E-state index is 0.0226. The number of amides is 1. The third-order valence-electron chi connectivity index (χ3n) is 6.00. The molecule has 0 bridgehead atoms. The van der Waals surface area contributed by atoms with Crippen molar-refractivity contribution < 1.29 is 14.6 Å². The lowest BCUT2D eigenvalue weighted by atomic mass is 9.83. The zero-order valence-electron chi connectivity index (χ0n) is 17.0. The summed E-state index contributed by atoms with van der Waals surface area (Å²) in [7, 11) is 0. The van der Waals surface area contributed by atoms with Crippen LogP contribution in [0.2, 0.25) is 0 Å². The molecule has 1 amide bonds. The Hall–Kier alpha value is -2.41. The maximum Gasteiger partial charge on any atom is 0.242 e. The number of carbonyl (C=O) groups excluding carboxylic acids is 1. The fourth-order valence-corrected chi connectivity index (χ4v) is 4.61. The molecular weight excluding hydrogens is 366 g/mol. The van der Waals surface area contributed by atoms with Gasteiger partial charge >= 0.3 is 0 Å². The highest BCUT2D eigenvalue weighted by atomic mass is 16.5. The number of benzene rings is 2. The Balaban J connectivity index is 1.68. The van der Waals surface area contributed by atoms with E-state index in [2.05, 4.69) is 42.0 Å². The molecule has 4 unspecified atom stereocenters. The fraction of sp³-hybridized carbons (Fsp3) is 0.435. The number of nitrogens with one attached hydrogen (secondary N) is 2. The first kappa shape index (κ1) is 19.9. The second-order valence-electron chi connectivity index (χ2n) is 7.82. The minimum atomic E-state index is -0.321. The van der Waals surface area contributed by atoms with Crippen LogP contribution in [-0.2, 0) is 9.53 Å². The van der Waals surface area contributed by atoms with Gasteiger partial charge in [-0.25, -0.2) is 10.9 Å². The molecule has 3 N–H and O–H groups in total. The Morgan fingerprint density at radius 1 is 1.07 bits per heavy atom. The molecule has 2 heterocycles. The predicted octanol–water partition coefficient (Wildman–Crippen LogP) is 2.84. The molecule has 0 aromatic heterocycles. The van der Waals surface area contributed by atoms with Crippen LogP contribution in [0.15, 0.2) is 48.5 Å². The number of hydrogen-bond donors (Lipinski definition) is 3. The van der Waals surface area contributed by atoms with Gasteiger partial charge in [0, 0.05) is 31.2 Å². The van der Waals surface area contributed by atoms with Crippen LogP contribution < -0.4 is 10.9 Å². The molecular formula is C23H29N3O3. The fourth-order valence-electron chi connectivity index (χ4n) is 4.61. The topological polar surface area (TPSA) is 73.8 Å². The highest BCUT2D eigenvalue weighted by Crippen LogP contribution is 2.48. The number of phenolic OH excluding ortho intramolecular Hbond substituents is 1. The van der Waals surface area contributed by atoms with Gasteiger partial charge < -0.3 is 14.7 Å². The maximum absolute atomic E-state index is 13.3. The van der Waals surface area contributed by atoms with E-state index < -0.39 is 0 Å². The van der Waals surface area contributed by atoms with Crippen LogP contribution in [0.3, 0.4) is 0 Å². The zero-order valence-corrected chi connectivity index (χ0v) is 17.0. The van der Waals surface area contributed by atoms with E-state index in [1.54, 1.807) is 6.07 Å². The van der Waals surface area contributed by atoms with E-state index in [9.17, 15) is 9.90 Å². The van der Waals surface area contributed by atoms with Crippen molar-refractivity contribution in [2.45, 2.75) is 38.4 Å². The van der Waals surface area contributed by atoms with Crippen molar-refractivity contribution in [3.05, 3.63) is 65.2 Å². The Kier molecular flexibility index (Phi) is 5.85. The Labute approximate surface area is 171 Å². The monoisotopic (exact) mass is 395 g/mol. The molecule has 6 nitrogen and oxygen atoms in total. The van der Waals surface area contributed by atoms with E-state index >= 15 is 0 Å². The molecule has 29 heavy (non-hydrogen) atoms. The predicted molar refractivity (Wildman–Crippen MR) is 111 cm³/mol. The van der Waals surface area contributed by atoms with E-state index in [0.29, 0.717) is 19.8 Å². The van der Waals surface area contributed by atoms with Gasteiger partial charge in [-0.05, 0) is 31.9 Å². The number of hydrogen-bond acceptors (Lipinski definition) is 5. The molecule has 2 aliphatic heterocycles. The number of nitrogens with zero attached hydrogens (tertiary/aromatic N) is 1. The molecule has 0 saturated carbocycles. The minimum Gasteiger partial charge on any atom is -0.508 e. The number of ether oxygens (including phenoxy) is 1. The first-order valence-corrected chi connectivity index (χ1v) is 10.4. The summed E-state index contributed by atoms with van der Waals surface area (Å²) in [5.74, 6) is 0.324. The molecule has 0 spiro atoms.